The van der Waals surface area contributed by atoms with E-state index in [-0.39, 0.29) is 16.0 Å². The first-order valence-electron chi connectivity index (χ1n) is 6.72. The summed E-state index contributed by atoms with van der Waals surface area (Å²) in [6, 6.07) is 7.89. The second-order valence-corrected chi connectivity index (χ2v) is 7.02. The van der Waals surface area contributed by atoms with Crippen LogP contribution in [0.3, 0.4) is 0 Å². The van der Waals surface area contributed by atoms with Crippen LogP contribution in [0.15, 0.2) is 46.1 Å². The van der Waals surface area contributed by atoms with Crippen molar-refractivity contribution >= 4 is 26.7 Å². The third-order valence-electron chi connectivity index (χ3n) is 3.70. The highest BCUT2D eigenvalue weighted by Gasteiger charge is 2.26. The van der Waals surface area contributed by atoms with Gasteiger partial charge in [-0.25, -0.2) is 17.6 Å². The van der Waals surface area contributed by atoms with Gasteiger partial charge in [0.25, 0.3) is 10.0 Å². The number of hydrogen-bond donors (Lipinski definition) is 1. The fourth-order valence-corrected chi connectivity index (χ4v) is 4.20. The summed E-state index contributed by atoms with van der Waals surface area (Å²) in [6.45, 7) is 1.47. The van der Waals surface area contributed by atoms with E-state index >= 15 is 0 Å². The molecule has 3 aromatic rings. The topological polar surface area (TPSA) is 87.1 Å². The van der Waals surface area contributed by atoms with Crippen molar-refractivity contribution in [2.45, 2.75) is 11.8 Å². The smallest absolute Gasteiger partial charge is 0.343 e. The Labute approximate surface area is 131 Å². The van der Waals surface area contributed by atoms with Crippen molar-refractivity contribution in [1.82, 2.24) is 8.54 Å². The predicted molar refractivity (Wildman–Crippen MR) is 85.3 cm³/mol. The van der Waals surface area contributed by atoms with Crippen molar-refractivity contribution in [2.24, 2.45) is 7.05 Å². The Kier molecular flexibility index (Phi) is 3.29. The van der Waals surface area contributed by atoms with Crippen LogP contribution >= 0.6 is 0 Å². The first-order chi connectivity index (χ1) is 10.7. The molecule has 2 N–H and O–H groups in total. The number of nitrogen functional groups attached to an aromatic ring is 1. The normalized spacial score (nSPS) is 12.0. The molecular formula is C15H14FN3O3S. The summed E-state index contributed by atoms with van der Waals surface area (Å²) in [5.74, 6) is -0.545. The SMILES string of the molecule is Cc1cc(F)ccc1S(=O)(=O)n1c(=O)n(C)c2ccc(N)cc21. The zero-order valence-electron chi connectivity index (χ0n) is 12.4. The van der Waals surface area contributed by atoms with E-state index < -0.39 is 21.5 Å². The molecule has 0 fully saturated rings. The summed E-state index contributed by atoms with van der Waals surface area (Å²) in [7, 11) is -2.70. The van der Waals surface area contributed by atoms with Gasteiger partial charge < -0.3 is 5.73 Å². The number of benzene rings is 2. The van der Waals surface area contributed by atoms with Crippen molar-refractivity contribution in [1.29, 1.82) is 0 Å². The van der Waals surface area contributed by atoms with Crippen LogP contribution in [-0.4, -0.2) is 17.0 Å². The van der Waals surface area contributed by atoms with Crippen LogP contribution in [0.4, 0.5) is 10.1 Å². The monoisotopic (exact) mass is 335 g/mol. The van der Waals surface area contributed by atoms with Gasteiger partial charge in [0.1, 0.15) is 5.82 Å². The Hall–Kier alpha value is -2.61. The molecule has 6 nitrogen and oxygen atoms in total. The molecule has 0 aliphatic rings. The number of aromatic nitrogens is 2. The quantitative estimate of drug-likeness (QED) is 0.721. The molecule has 0 spiro atoms. The van der Waals surface area contributed by atoms with E-state index in [1.54, 1.807) is 12.1 Å². The Bertz CT molecular complexity index is 1100. The summed E-state index contributed by atoms with van der Waals surface area (Å²) in [4.78, 5) is 12.3. The van der Waals surface area contributed by atoms with Crippen LogP contribution in [0.2, 0.25) is 0 Å². The van der Waals surface area contributed by atoms with E-state index in [0.29, 0.717) is 15.2 Å². The molecule has 0 bridgehead atoms. The average Bonchev–Trinajstić information content (AvgIpc) is 2.70. The van der Waals surface area contributed by atoms with Crippen LogP contribution in [0.1, 0.15) is 5.56 Å². The average molecular weight is 335 g/mol. The highest BCUT2D eigenvalue weighted by molar-refractivity contribution is 7.90. The maximum Gasteiger partial charge on any atom is 0.343 e. The molecule has 0 amide bonds. The molecule has 1 heterocycles. The molecule has 0 aliphatic carbocycles. The lowest BCUT2D eigenvalue weighted by atomic mass is 10.2. The summed E-state index contributed by atoms with van der Waals surface area (Å²) in [5.41, 5.74) is 6.18. The number of nitrogens with two attached hydrogens (primary N) is 1. The van der Waals surface area contributed by atoms with Gasteiger partial charge >= 0.3 is 5.69 Å². The minimum absolute atomic E-state index is 0.129. The zero-order chi connectivity index (χ0) is 16.9. The third kappa shape index (κ3) is 2.22. The minimum Gasteiger partial charge on any atom is -0.399 e. The second-order valence-electron chi connectivity index (χ2n) is 5.27. The van der Waals surface area contributed by atoms with Crippen LogP contribution < -0.4 is 11.4 Å². The molecule has 0 saturated carbocycles. The van der Waals surface area contributed by atoms with Gasteiger partial charge in [-0.3, -0.25) is 4.57 Å². The standard InChI is InChI=1S/C15H14FN3O3S/c1-9-7-10(16)3-6-14(9)23(21,22)19-13-8-11(17)4-5-12(13)18(2)15(19)20/h3-8H,17H2,1-2H3. The summed E-state index contributed by atoms with van der Waals surface area (Å²) in [6.07, 6.45) is 0. The predicted octanol–water partition coefficient (Wildman–Crippen LogP) is 1.61. The number of nitrogens with zero attached hydrogens (tertiary/aromatic N) is 2. The second kappa shape index (κ2) is 4.95. The van der Waals surface area contributed by atoms with Gasteiger partial charge in [0.05, 0.1) is 15.9 Å². The third-order valence-corrected chi connectivity index (χ3v) is 5.54. The van der Waals surface area contributed by atoms with Crippen LogP contribution in [-0.2, 0) is 17.1 Å². The van der Waals surface area contributed by atoms with Crippen molar-refractivity contribution in [3.8, 4) is 0 Å². The summed E-state index contributed by atoms with van der Waals surface area (Å²) in [5, 5.41) is 0. The summed E-state index contributed by atoms with van der Waals surface area (Å²) < 4.78 is 41.0. The zero-order valence-corrected chi connectivity index (χ0v) is 13.3. The van der Waals surface area contributed by atoms with Gasteiger partial charge in [-0.05, 0) is 48.9 Å². The highest BCUT2D eigenvalue weighted by atomic mass is 32.2. The first-order valence-corrected chi connectivity index (χ1v) is 8.16. The van der Waals surface area contributed by atoms with Crippen molar-refractivity contribution in [3.05, 3.63) is 58.3 Å². The molecule has 8 heteroatoms. The van der Waals surface area contributed by atoms with Gasteiger partial charge in [-0.2, -0.15) is 3.97 Å². The Morgan fingerprint density at radius 2 is 1.78 bits per heavy atom. The van der Waals surface area contributed by atoms with Gasteiger partial charge in [-0.1, -0.05) is 0 Å². The number of rotatable bonds is 2. The van der Waals surface area contributed by atoms with Gasteiger partial charge in [0.2, 0.25) is 0 Å². The largest absolute Gasteiger partial charge is 0.399 e. The molecular weight excluding hydrogens is 321 g/mol. The number of fused-ring (bicyclic) bond motifs is 1. The van der Waals surface area contributed by atoms with E-state index in [9.17, 15) is 17.6 Å². The fourth-order valence-electron chi connectivity index (χ4n) is 2.56. The van der Waals surface area contributed by atoms with Crippen molar-refractivity contribution < 1.29 is 12.8 Å². The molecule has 120 valence electrons. The number of halogens is 1. The molecule has 2 aromatic carbocycles. The molecule has 0 unspecified atom stereocenters. The minimum atomic E-state index is -4.18. The lowest BCUT2D eigenvalue weighted by molar-refractivity contribution is 0.584. The molecule has 0 aliphatic heterocycles. The number of anilines is 1. The van der Waals surface area contributed by atoms with Crippen LogP contribution in [0.25, 0.3) is 11.0 Å². The molecule has 0 radical (unpaired) electrons. The van der Waals surface area contributed by atoms with Gasteiger partial charge in [-0.15, -0.1) is 0 Å². The van der Waals surface area contributed by atoms with Gasteiger partial charge in [0, 0.05) is 12.7 Å². The lowest BCUT2D eigenvalue weighted by Crippen LogP contribution is -2.28. The molecule has 1 aromatic heterocycles. The van der Waals surface area contributed by atoms with E-state index in [1.807, 2.05) is 0 Å². The number of aryl methyl sites for hydroxylation is 2. The maximum absolute atomic E-state index is 13.2. The number of hydrogen-bond acceptors (Lipinski definition) is 4. The van der Waals surface area contributed by atoms with Crippen molar-refractivity contribution in [2.75, 3.05) is 5.73 Å². The van der Waals surface area contributed by atoms with Gasteiger partial charge in [0.15, 0.2) is 0 Å². The molecule has 3 rings (SSSR count). The molecule has 23 heavy (non-hydrogen) atoms. The van der Waals surface area contributed by atoms with E-state index in [2.05, 4.69) is 0 Å². The van der Waals surface area contributed by atoms with E-state index in [1.165, 1.54) is 24.6 Å². The van der Waals surface area contributed by atoms with Crippen LogP contribution in [0.5, 0.6) is 0 Å². The molecule has 0 atom stereocenters. The van der Waals surface area contributed by atoms with E-state index in [4.69, 9.17) is 5.73 Å². The number of imidazole rings is 1. The Balaban J connectivity index is 2.42. The maximum atomic E-state index is 13.2. The van der Waals surface area contributed by atoms with E-state index in [0.717, 1.165) is 18.2 Å². The van der Waals surface area contributed by atoms with Crippen LogP contribution in [0, 0.1) is 12.7 Å². The Morgan fingerprint density at radius 3 is 2.43 bits per heavy atom. The lowest BCUT2D eigenvalue weighted by Gasteiger charge is -2.09. The molecule has 0 saturated heterocycles. The summed E-state index contributed by atoms with van der Waals surface area (Å²) >= 11 is 0. The highest BCUT2D eigenvalue weighted by Crippen LogP contribution is 2.23. The Morgan fingerprint density at radius 1 is 1.09 bits per heavy atom. The fraction of sp³-hybridized carbons (Fsp3) is 0.133. The van der Waals surface area contributed by atoms with Crippen molar-refractivity contribution in [3.63, 3.8) is 0 Å². The first kappa shape index (κ1) is 15.3.